The van der Waals surface area contributed by atoms with Gasteiger partial charge in [-0.2, -0.15) is 4.47 Å². The molecule has 0 aliphatic carbocycles. The number of benzene rings is 1. The summed E-state index contributed by atoms with van der Waals surface area (Å²) >= 11 is 1.28. The van der Waals surface area contributed by atoms with Gasteiger partial charge in [-0.25, -0.2) is 0 Å². The Balaban J connectivity index is 0.00000144. The zero-order valence-corrected chi connectivity index (χ0v) is 14.4. The Morgan fingerprint density at radius 1 is 1.41 bits per heavy atom. The van der Waals surface area contributed by atoms with Gasteiger partial charge in [0.25, 0.3) is 0 Å². The SMILES string of the molecule is CSN(O)c1cccc(C2=CC[N-]CC2)c1.[Pr]. The molecular formula is C12H15N2OPrS-. The van der Waals surface area contributed by atoms with Gasteiger partial charge in [0.15, 0.2) is 0 Å². The molecule has 0 bridgehead atoms. The molecule has 0 saturated carbocycles. The molecule has 1 aromatic rings. The largest absolute Gasteiger partial charge is 0.659 e. The van der Waals surface area contributed by atoms with Crippen LogP contribution >= 0.6 is 11.9 Å². The standard InChI is InChI=1S/C12H15N2OS.Pr/c1-16-14(15)12-4-2-3-11(9-12)10-5-7-13-8-6-10;/h2-5,9,15H,6-8H2,1H3;/q-1;. The van der Waals surface area contributed by atoms with Crippen molar-refractivity contribution in [3.63, 3.8) is 0 Å². The van der Waals surface area contributed by atoms with E-state index in [-0.39, 0.29) is 41.3 Å². The first-order chi connectivity index (χ1) is 7.81. The molecule has 0 unspecified atom stereocenters. The minimum Gasteiger partial charge on any atom is -0.659 e. The molecule has 1 N–H and O–H groups in total. The Hall–Kier alpha value is 0.394. The molecule has 5 heteroatoms. The van der Waals surface area contributed by atoms with Crippen molar-refractivity contribution >= 4 is 23.2 Å². The van der Waals surface area contributed by atoms with E-state index < -0.39 is 0 Å². The Kier molecular flexibility index (Phi) is 7.04. The molecule has 0 amide bonds. The molecule has 17 heavy (non-hydrogen) atoms. The van der Waals surface area contributed by atoms with Crippen molar-refractivity contribution in [2.75, 3.05) is 23.8 Å². The third-order valence-electron chi connectivity index (χ3n) is 2.62. The number of anilines is 1. The summed E-state index contributed by atoms with van der Waals surface area (Å²) in [4.78, 5) is 0. The molecule has 3 nitrogen and oxygen atoms in total. The summed E-state index contributed by atoms with van der Waals surface area (Å²) in [5.74, 6) is 0. The van der Waals surface area contributed by atoms with E-state index in [2.05, 4.69) is 17.5 Å². The third-order valence-corrected chi connectivity index (χ3v) is 3.17. The molecule has 89 valence electrons. The zero-order valence-electron chi connectivity index (χ0n) is 9.84. The molecule has 0 fully saturated rings. The van der Waals surface area contributed by atoms with Crippen LogP contribution in [0, 0.1) is 41.3 Å². The number of nitrogens with zero attached hydrogens (tertiary/aromatic N) is 2. The van der Waals surface area contributed by atoms with E-state index in [1.54, 1.807) is 0 Å². The molecule has 0 saturated heterocycles. The van der Waals surface area contributed by atoms with Crippen LogP contribution in [0.2, 0.25) is 0 Å². The van der Waals surface area contributed by atoms with Gasteiger partial charge in [-0.15, -0.1) is 19.2 Å². The van der Waals surface area contributed by atoms with Gasteiger partial charge in [0.1, 0.15) is 0 Å². The minimum atomic E-state index is 0. The van der Waals surface area contributed by atoms with E-state index in [1.165, 1.54) is 27.6 Å². The van der Waals surface area contributed by atoms with Gasteiger partial charge in [-0.05, 0) is 41.6 Å². The summed E-state index contributed by atoms with van der Waals surface area (Å²) in [5, 5.41) is 13.9. The van der Waals surface area contributed by atoms with E-state index >= 15 is 0 Å². The first kappa shape index (κ1) is 15.5. The van der Waals surface area contributed by atoms with E-state index in [9.17, 15) is 5.21 Å². The van der Waals surface area contributed by atoms with Crippen LogP contribution in [0.25, 0.3) is 10.9 Å². The van der Waals surface area contributed by atoms with Crippen LogP contribution in [0.4, 0.5) is 5.69 Å². The van der Waals surface area contributed by atoms with E-state index in [0.29, 0.717) is 0 Å². The van der Waals surface area contributed by atoms with Crippen molar-refractivity contribution < 1.29 is 46.5 Å². The molecule has 1 heterocycles. The van der Waals surface area contributed by atoms with Crippen LogP contribution in [-0.4, -0.2) is 24.6 Å². The van der Waals surface area contributed by atoms with Gasteiger partial charge in [0, 0.05) is 47.5 Å². The second-order valence-electron chi connectivity index (χ2n) is 3.61. The van der Waals surface area contributed by atoms with Crippen molar-refractivity contribution in [1.82, 2.24) is 0 Å². The molecule has 0 aromatic heterocycles. The first-order valence-electron chi connectivity index (χ1n) is 5.27. The molecular weight excluding hydrogens is 361 g/mol. The maximum atomic E-state index is 9.61. The number of rotatable bonds is 3. The van der Waals surface area contributed by atoms with Crippen molar-refractivity contribution in [1.29, 1.82) is 0 Å². The van der Waals surface area contributed by atoms with Crippen LogP contribution in [0.5, 0.6) is 0 Å². The van der Waals surface area contributed by atoms with Crippen molar-refractivity contribution in [2.45, 2.75) is 6.42 Å². The second kappa shape index (κ2) is 7.75. The van der Waals surface area contributed by atoms with Gasteiger partial charge < -0.3 is 5.32 Å². The van der Waals surface area contributed by atoms with Gasteiger partial charge in [-0.3, -0.25) is 5.21 Å². The zero-order chi connectivity index (χ0) is 11.4. The third kappa shape index (κ3) is 4.21. The molecule has 1 aliphatic rings. The fourth-order valence-corrected chi connectivity index (χ4v) is 2.08. The quantitative estimate of drug-likeness (QED) is 0.650. The summed E-state index contributed by atoms with van der Waals surface area (Å²) in [6.45, 7) is 1.71. The normalized spacial score (nSPS) is 14.8. The Bertz CT molecular complexity index is 398. The average molecular weight is 376 g/mol. The van der Waals surface area contributed by atoms with Crippen molar-refractivity contribution in [3.8, 4) is 0 Å². The molecule has 0 spiro atoms. The molecule has 1 aromatic carbocycles. The number of hydrogen-bond donors (Lipinski definition) is 1. The van der Waals surface area contributed by atoms with Gasteiger partial charge in [-0.1, -0.05) is 12.1 Å². The van der Waals surface area contributed by atoms with Crippen LogP contribution < -0.4 is 4.47 Å². The molecule has 1 aliphatic heterocycles. The molecule has 0 atom stereocenters. The van der Waals surface area contributed by atoms with Crippen LogP contribution in [0.3, 0.4) is 0 Å². The van der Waals surface area contributed by atoms with E-state index in [1.807, 2.05) is 24.5 Å². The number of hydrogen-bond acceptors (Lipinski definition) is 3. The topological polar surface area (TPSA) is 37.6 Å². The van der Waals surface area contributed by atoms with Gasteiger partial charge >= 0.3 is 0 Å². The predicted molar refractivity (Wildman–Crippen MR) is 69.9 cm³/mol. The fourth-order valence-electron chi connectivity index (χ4n) is 1.76. The van der Waals surface area contributed by atoms with Crippen LogP contribution in [0.1, 0.15) is 12.0 Å². The van der Waals surface area contributed by atoms with Crippen LogP contribution in [0.15, 0.2) is 30.3 Å². The van der Waals surface area contributed by atoms with E-state index in [4.69, 9.17) is 0 Å². The summed E-state index contributed by atoms with van der Waals surface area (Å²) in [6.07, 6.45) is 4.99. The Morgan fingerprint density at radius 2 is 2.24 bits per heavy atom. The summed E-state index contributed by atoms with van der Waals surface area (Å²) < 4.78 is 1.18. The fraction of sp³-hybridized carbons (Fsp3) is 0.333. The second-order valence-corrected chi connectivity index (χ2v) is 4.33. The van der Waals surface area contributed by atoms with Crippen LogP contribution in [-0.2, 0) is 0 Å². The first-order valence-corrected chi connectivity index (χ1v) is 6.45. The molecule has 1 radical (unpaired) electrons. The predicted octanol–water partition coefficient (Wildman–Crippen LogP) is 3.32. The average Bonchev–Trinajstić information content (AvgIpc) is 2.39. The molecule has 2 rings (SSSR count). The Morgan fingerprint density at radius 3 is 2.88 bits per heavy atom. The monoisotopic (exact) mass is 376 g/mol. The smallest absolute Gasteiger partial charge is 0.0769 e. The van der Waals surface area contributed by atoms with Gasteiger partial charge in [0.05, 0.1) is 5.69 Å². The summed E-state index contributed by atoms with van der Waals surface area (Å²) in [5.41, 5.74) is 3.32. The van der Waals surface area contributed by atoms with Crippen molar-refractivity contribution in [3.05, 3.63) is 41.2 Å². The maximum Gasteiger partial charge on any atom is 0.0769 e. The minimum absolute atomic E-state index is 0. The van der Waals surface area contributed by atoms with Gasteiger partial charge in [0.2, 0.25) is 0 Å². The van der Waals surface area contributed by atoms with Crippen molar-refractivity contribution in [2.24, 2.45) is 0 Å². The van der Waals surface area contributed by atoms with E-state index in [0.717, 1.165) is 25.2 Å². The summed E-state index contributed by atoms with van der Waals surface area (Å²) in [7, 11) is 0. The Labute approximate surface area is 140 Å². The maximum absolute atomic E-state index is 9.61. The summed E-state index contributed by atoms with van der Waals surface area (Å²) in [6, 6.07) is 7.95.